The fraction of sp³-hybridized carbons (Fsp3) is 0.346. The number of nitrogens with zero attached hydrogens (tertiary/aromatic N) is 1. The van der Waals surface area contributed by atoms with E-state index in [1.165, 1.54) is 28.6 Å². The van der Waals surface area contributed by atoms with Crippen LogP contribution in [0.4, 0.5) is 5.69 Å². The van der Waals surface area contributed by atoms with Crippen molar-refractivity contribution in [2.24, 2.45) is 0 Å². The van der Waals surface area contributed by atoms with Crippen molar-refractivity contribution in [3.8, 4) is 0 Å². The number of benzene rings is 1. The lowest BCUT2D eigenvalue weighted by Crippen LogP contribution is -2.49. The molecular formula is C26H29N3O4S. The number of carbonyl (C=O) groups excluding carboxylic acids is 3. The Morgan fingerprint density at radius 1 is 1.09 bits per heavy atom. The van der Waals surface area contributed by atoms with E-state index < -0.39 is 11.9 Å². The number of hydrogen-bond acceptors (Lipinski definition) is 5. The molecule has 7 nitrogen and oxygen atoms in total. The van der Waals surface area contributed by atoms with E-state index in [2.05, 4.69) is 10.6 Å². The van der Waals surface area contributed by atoms with Gasteiger partial charge in [0.1, 0.15) is 6.04 Å². The summed E-state index contributed by atoms with van der Waals surface area (Å²) in [5.74, 6) is -0.947. The third-order valence-corrected chi connectivity index (χ3v) is 7.19. The van der Waals surface area contributed by atoms with Crippen LogP contribution >= 0.6 is 11.3 Å². The van der Waals surface area contributed by atoms with Crippen molar-refractivity contribution in [1.29, 1.82) is 0 Å². The van der Waals surface area contributed by atoms with Crippen LogP contribution < -0.4 is 15.5 Å². The van der Waals surface area contributed by atoms with E-state index >= 15 is 0 Å². The molecule has 1 aliphatic carbocycles. The van der Waals surface area contributed by atoms with Crippen molar-refractivity contribution in [2.75, 3.05) is 11.4 Å². The van der Waals surface area contributed by atoms with Crippen LogP contribution in [0.2, 0.25) is 0 Å². The number of hydrogen-bond donors (Lipinski definition) is 2. The smallest absolute Gasteiger partial charge is 0.287 e. The molecule has 2 aromatic heterocycles. The van der Waals surface area contributed by atoms with Crippen LogP contribution in [0.1, 0.15) is 58.3 Å². The molecule has 0 aliphatic heterocycles. The SMILES string of the molecule is Cc1cccc(N(C(=O)CNC(=O)c2ccco2)[C@H](C(=O)NC2CCCC2)c2cccs2)c1C. The number of nitrogens with one attached hydrogen (secondary N) is 2. The Morgan fingerprint density at radius 3 is 2.56 bits per heavy atom. The quantitative estimate of drug-likeness (QED) is 0.497. The van der Waals surface area contributed by atoms with E-state index in [0.717, 1.165) is 41.7 Å². The number of rotatable bonds is 8. The zero-order valence-electron chi connectivity index (χ0n) is 19.4. The molecule has 2 N–H and O–H groups in total. The molecule has 0 unspecified atom stereocenters. The van der Waals surface area contributed by atoms with Gasteiger partial charge in [-0.25, -0.2) is 0 Å². The molecule has 1 aromatic carbocycles. The number of furan rings is 1. The monoisotopic (exact) mass is 479 g/mol. The summed E-state index contributed by atoms with van der Waals surface area (Å²) >= 11 is 1.43. The minimum Gasteiger partial charge on any atom is -0.459 e. The highest BCUT2D eigenvalue weighted by Gasteiger charge is 2.35. The Labute approximate surface area is 203 Å². The van der Waals surface area contributed by atoms with Crippen LogP contribution in [0, 0.1) is 13.8 Å². The van der Waals surface area contributed by atoms with E-state index in [1.54, 1.807) is 6.07 Å². The van der Waals surface area contributed by atoms with Gasteiger partial charge in [0.2, 0.25) is 11.8 Å². The molecular weight excluding hydrogens is 450 g/mol. The summed E-state index contributed by atoms with van der Waals surface area (Å²) in [5.41, 5.74) is 2.57. The van der Waals surface area contributed by atoms with Crippen molar-refractivity contribution in [3.63, 3.8) is 0 Å². The van der Waals surface area contributed by atoms with Crippen LogP contribution in [0.25, 0.3) is 0 Å². The second kappa shape index (κ2) is 10.7. The minimum atomic E-state index is -0.839. The maximum Gasteiger partial charge on any atom is 0.287 e. The molecule has 3 aromatic rings. The van der Waals surface area contributed by atoms with Crippen molar-refractivity contribution >= 4 is 34.7 Å². The third kappa shape index (κ3) is 5.22. The molecule has 1 aliphatic rings. The summed E-state index contributed by atoms with van der Waals surface area (Å²) in [6.45, 7) is 3.64. The van der Waals surface area contributed by atoms with Gasteiger partial charge in [0.05, 0.1) is 12.8 Å². The van der Waals surface area contributed by atoms with Gasteiger partial charge >= 0.3 is 0 Å². The molecule has 0 radical (unpaired) electrons. The van der Waals surface area contributed by atoms with Gasteiger partial charge in [-0.3, -0.25) is 19.3 Å². The highest BCUT2D eigenvalue weighted by molar-refractivity contribution is 7.10. The number of amides is 3. The lowest BCUT2D eigenvalue weighted by atomic mass is 10.0. The summed E-state index contributed by atoms with van der Waals surface area (Å²) < 4.78 is 5.13. The second-order valence-electron chi connectivity index (χ2n) is 8.55. The highest BCUT2D eigenvalue weighted by atomic mass is 32.1. The molecule has 0 bridgehead atoms. The van der Waals surface area contributed by atoms with Crippen LogP contribution in [0.3, 0.4) is 0 Å². The summed E-state index contributed by atoms with van der Waals surface area (Å²) in [4.78, 5) is 42.0. The van der Waals surface area contributed by atoms with E-state index in [4.69, 9.17) is 4.42 Å². The van der Waals surface area contributed by atoms with Crippen LogP contribution in [0.5, 0.6) is 0 Å². The zero-order valence-corrected chi connectivity index (χ0v) is 20.2. The summed E-state index contributed by atoms with van der Waals surface area (Å²) in [7, 11) is 0. The maximum atomic E-state index is 13.7. The van der Waals surface area contributed by atoms with Crippen LogP contribution in [-0.4, -0.2) is 30.3 Å². The first-order valence-electron chi connectivity index (χ1n) is 11.5. The molecule has 0 saturated heterocycles. The predicted octanol–water partition coefficient (Wildman–Crippen LogP) is 4.52. The fourth-order valence-electron chi connectivity index (χ4n) is 4.32. The van der Waals surface area contributed by atoms with Crippen molar-refractivity contribution in [3.05, 3.63) is 75.9 Å². The molecule has 3 amide bonds. The standard InChI is InChI=1S/C26H29N3O4S/c1-17-8-5-11-20(18(17)2)29(23(30)16-27-25(31)21-12-6-14-33-21)24(22-13-7-15-34-22)26(32)28-19-9-3-4-10-19/h5-8,11-15,19,24H,3-4,9-10,16H2,1-2H3,(H,27,31)(H,28,32)/t24-/m0/s1. The van der Waals surface area contributed by atoms with Gasteiger partial charge in [0, 0.05) is 16.6 Å². The molecule has 1 saturated carbocycles. The molecule has 8 heteroatoms. The van der Waals surface area contributed by atoms with Gasteiger partial charge in [0.15, 0.2) is 5.76 Å². The molecule has 0 spiro atoms. The normalized spacial score (nSPS) is 14.5. The molecule has 1 fully saturated rings. The minimum absolute atomic E-state index is 0.115. The molecule has 1 atom stereocenters. The van der Waals surface area contributed by atoms with Crippen molar-refractivity contribution in [1.82, 2.24) is 10.6 Å². The fourth-order valence-corrected chi connectivity index (χ4v) is 5.13. The zero-order chi connectivity index (χ0) is 24.1. The van der Waals surface area contributed by atoms with Crippen LogP contribution in [-0.2, 0) is 9.59 Å². The average Bonchev–Trinajstić information content (AvgIpc) is 3.61. The van der Waals surface area contributed by atoms with Crippen molar-refractivity contribution in [2.45, 2.75) is 51.6 Å². The Bertz CT molecular complexity index is 1140. The van der Waals surface area contributed by atoms with E-state index in [0.29, 0.717) is 5.69 Å². The van der Waals surface area contributed by atoms with Gasteiger partial charge in [0.25, 0.3) is 5.91 Å². The molecule has 2 heterocycles. The first-order valence-corrected chi connectivity index (χ1v) is 12.4. The molecule has 178 valence electrons. The second-order valence-corrected chi connectivity index (χ2v) is 9.53. The lowest BCUT2D eigenvalue weighted by molar-refractivity contribution is -0.126. The van der Waals surface area contributed by atoms with Gasteiger partial charge < -0.3 is 15.1 Å². The number of carbonyl (C=O) groups is 3. The van der Waals surface area contributed by atoms with Gasteiger partial charge in [-0.2, -0.15) is 0 Å². The third-order valence-electron chi connectivity index (χ3n) is 6.27. The highest BCUT2D eigenvalue weighted by Crippen LogP contribution is 2.34. The number of anilines is 1. The Kier molecular flexibility index (Phi) is 7.47. The summed E-state index contributed by atoms with van der Waals surface area (Å²) in [6, 6.07) is 11.9. The van der Waals surface area contributed by atoms with Crippen LogP contribution in [0.15, 0.2) is 58.5 Å². The summed E-state index contributed by atoms with van der Waals surface area (Å²) in [5, 5.41) is 7.69. The first kappa shape index (κ1) is 23.8. The topological polar surface area (TPSA) is 91.7 Å². The lowest BCUT2D eigenvalue weighted by Gasteiger charge is -2.33. The number of thiophene rings is 1. The Hall–Kier alpha value is -3.39. The molecule has 34 heavy (non-hydrogen) atoms. The Morgan fingerprint density at radius 2 is 1.88 bits per heavy atom. The van der Waals surface area contributed by atoms with Gasteiger partial charge in [-0.1, -0.05) is 31.0 Å². The van der Waals surface area contributed by atoms with E-state index in [9.17, 15) is 14.4 Å². The predicted molar refractivity (Wildman–Crippen MR) is 132 cm³/mol. The average molecular weight is 480 g/mol. The van der Waals surface area contributed by atoms with Gasteiger partial charge in [-0.15, -0.1) is 11.3 Å². The number of aryl methyl sites for hydroxylation is 1. The first-order chi connectivity index (χ1) is 16.5. The van der Waals surface area contributed by atoms with Crippen molar-refractivity contribution < 1.29 is 18.8 Å². The maximum absolute atomic E-state index is 13.7. The van der Waals surface area contributed by atoms with Gasteiger partial charge in [-0.05, 0) is 67.5 Å². The molecule has 4 rings (SSSR count). The van der Waals surface area contributed by atoms with E-state index in [1.807, 2.05) is 49.6 Å². The van der Waals surface area contributed by atoms with E-state index in [-0.39, 0.29) is 30.2 Å². The largest absolute Gasteiger partial charge is 0.459 e. The Balaban J connectivity index is 1.68. The summed E-state index contributed by atoms with van der Waals surface area (Å²) in [6.07, 6.45) is 5.47.